The van der Waals surface area contributed by atoms with E-state index in [-0.39, 0.29) is 11.7 Å². The van der Waals surface area contributed by atoms with Gasteiger partial charge in [0.05, 0.1) is 12.7 Å². The fourth-order valence-corrected chi connectivity index (χ4v) is 3.39. The van der Waals surface area contributed by atoms with E-state index in [1.54, 1.807) is 53.4 Å². The molecule has 0 spiro atoms. The lowest BCUT2D eigenvalue weighted by Crippen LogP contribution is -2.43. The molecule has 1 amide bonds. The fourth-order valence-electron chi connectivity index (χ4n) is 3.26. The van der Waals surface area contributed by atoms with Crippen LogP contribution in [0.3, 0.4) is 0 Å². The minimum absolute atomic E-state index is 0.0105. The number of carbonyl (C=O) groups is 1. The highest BCUT2D eigenvalue weighted by Gasteiger charge is 2.35. The van der Waals surface area contributed by atoms with Gasteiger partial charge < -0.3 is 15.2 Å². The minimum Gasteiger partial charge on any atom is -0.504 e. The molecular formula is C21H17ClN2O3. The van der Waals surface area contributed by atoms with Crippen molar-refractivity contribution in [1.82, 2.24) is 0 Å². The van der Waals surface area contributed by atoms with E-state index < -0.39 is 6.17 Å². The van der Waals surface area contributed by atoms with Gasteiger partial charge in [0, 0.05) is 22.0 Å². The fraction of sp³-hybridized carbons (Fsp3) is 0.0952. The quantitative estimate of drug-likeness (QED) is 0.683. The summed E-state index contributed by atoms with van der Waals surface area (Å²) in [5.74, 6) is 0.166. The van der Waals surface area contributed by atoms with E-state index >= 15 is 0 Å². The molecule has 0 aromatic heterocycles. The first kappa shape index (κ1) is 17.2. The lowest BCUT2D eigenvalue weighted by atomic mass is 10.0. The minimum atomic E-state index is -0.608. The van der Waals surface area contributed by atoms with Gasteiger partial charge in [-0.3, -0.25) is 9.69 Å². The number of hydrogen-bond acceptors (Lipinski definition) is 4. The Hall–Kier alpha value is -3.18. The molecule has 0 aliphatic carbocycles. The van der Waals surface area contributed by atoms with Crippen molar-refractivity contribution in [1.29, 1.82) is 0 Å². The van der Waals surface area contributed by atoms with Crippen molar-refractivity contribution in [2.75, 3.05) is 17.3 Å². The molecule has 1 aliphatic heterocycles. The Morgan fingerprint density at radius 3 is 2.52 bits per heavy atom. The summed E-state index contributed by atoms with van der Waals surface area (Å²) in [6, 6.07) is 19.5. The van der Waals surface area contributed by atoms with Gasteiger partial charge in [-0.05, 0) is 42.5 Å². The highest BCUT2D eigenvalue weighted by Crippen LogP contribution is 2.42. The Labute approximate surface area is 161 Å². The monoisotopic (exact) mass is 380 g/mol. The van der Waals surface area contributed by atoms with E-state index in [9.17, 15) is 9.90 Å². The van der Waals surface area contributed by atoms with Gasteiger partial charge >= 0.3 is 0 Å². The Kier molecular flexibility index (Phi) is 4.38. The first-order chi connectivity index (χ1) is 13.1. The third-order valence-corrected chi connectivity index (χ3v) is 4.83. The molecule has 3 aromatic carbocycles. The molecule has 0 saturated carbocycles. The van der Waals surface area contributed by atoms with Gasteiger partial charge in [0.25, 0.3) is 5.91 Å². The second-order valence-corrected chi connectivity index (χ2v) is 6.58. The van der Waals surface area contributed by atoms with Crippen molar-refractivity contribution in [3.8, 4) is 11.5 Å². The summed E-state index contributed by atoms with van der Waals surface area (Å²) in [5.41, 5.74) is 2.47. The SMILES string of the molecule is COc1cccc([C@@H]2Nc3ccccc3C(=O)N2c2ccc(Cl)cc2)c1O. The van der Waals surface area contributed by atoms with Crippen LogP contribution < -0.4 is 15.0 Å². The normalized spacial score (nSPS) is 15.9. The molecule has 0 fully saturated rings. The van der Waals surface area contributed by atoms with E-state index in [0.717, 1.165) is 0 Å². The van der Waals surface area contributed by atoms with Crippen molar-refractivity contribution in [3.63, 3.8) is 0 Å². The molecular weight excluding hydrogens is 364 g/mol. The predicted molar refractivity (Wildman–Crippen MR) is 106 cm³/mol. The first-order valence-corrected chi connectivity index (χ1v) is 8.78. The van der Waals surface area contributed by atoms with Crippen LogP contribution in [0.4, 0.5) is 11.4 Å². The summed E-state index contributed by atoms with van der Waals surface area (Å²) in [7, 11) is 1.49. The number of ether oxygens (including phenoxy) is 1. The summed E-state index contributed by atoms with van der Waals surface area (Å²) >= 11 is 6.01. The number of rotatable bonds is 3. The van der Waals surface area contributed by atoms with Crippen LogP contribution in [0.2, 0.25) is 5.02 Å². The van der Waals surface area contributed by atoms with Crippen molar-refractivity contribution in [3.05, 3.63) is 82.9 Å². The van der Waals surface area contributed by atoms with E-state index in [1.165, 1.54) is 7.11 Å². The van der Waals surface area contributed by atoms with Gasteiger partial charge in [-0.2, -0.15) is 0 Å². The molecule has 3 aromatic rings. The van der Waals surface area contributed by atoms with Crippen LogP contribution in [-0.4, -0.2) is 18.1 Å². The number of carbonyl (C=O) groups excluding carboxylic acids is 1. The molecule has 0 saturated heterocycles. The number of phenols is 1. The number of nitrogens with zero attached hydrogens (tertiary/aromatic N) is 1. The zero-order chi connectivity index (χ0) is 19.0. The van der Waals surface area contributed by atoms with Crippen LogP contribution in [0.1, 0.15) is 22.1 Å². The molecule has 2 N–H and O–H groups in total. The zero-order valence-electron chi connectivity index (χ0n) is 14.5. The summed E-state index contributed by atoms with van der Waals surface area (Å²) in [6.07, 6.45) is -0.608. The molecule has 27 heavy (non-hydrogen) atoms. The molecule has 6 heteroatoms. The van der Waals surface area contributed by atoms with E-state index in [4.69, 9.17) is 16.3 Å². The molecule has 0 bridgehead atoms. The highest BCUT2D eigenvalue weighted by molar-refractivity contribution is 6.30. The third kappa shape index (κ3) is 2.96. The van der Waals surface area contributed by atoms with E-state index in [1.807, 2.05) is 18.2 Å². The first-order valence-electron chi connectivity index (χ1n) is 8.40. The number of phenolic OH excluding ortho intramolecular Hbond substituents is 1. The number of hydrogen-bond donors (Lipinski definition) is 2. The standard InChI is InChI=1S/C21H17ClN2O3/c1-27-18-8-4-6-16(19(18)25)20-23-17-7-3-2-5-15(17)21(26)24(20)14-11-9-13(22)10-12-14/h2-12,20,23,25H,1H3/t20-/m1/s1. The van der Waals surface area contributed by atoms with Crippen molar-refractivity contribution >= 4 is 28.9 Å². The van der Waals surface area contributed by atoms with Crippen LogP contribution in [0.15, 0.2) is 66.7 Å². The van der Waals surface area contributed by atoms with Crippen molar-refractivity contribution in [2.45, 2.75) is 6.17 Å². The number of para-hydroxylation sites is 2. The molecule has 0 unspecified atom stereocenters. The Balaban J connectivity index is 1.89. The summed E-state index contributed by atoms with van der Waals surface area (Å²) in [5, 5.41) is 14.6. The molecule has 1 heterocycles. The summed E-state index contributed by atoms with van der Waals surface area (Å²) in [4.78, 5) is 14.9. The maximum atomic E-state index is 13.3. The van der Waals surface area contributed by atoms with Crippen LogP contribution in [0.25, 0.3) is 0 Å². The highest BCUT2D eigenvalue weighted by atomic mass is 35.5. The van der Waals surface area contributed by atoms with E-state index in [2.05, 4.69) is 5.32 Å². The smallest absolute Gasteiger partial charge is 0.262 e. The molecule has 0 radical (unpaired) electrons. The van der Waals surface area contributed by atoms with Gasteiger partial charge in [-0.15, -0.1) is 0 Å². The average Bonchev–Trinajstić information content (AvgIpc) is 2.69. The number of benzene rings is 3. The Bertz CT molecular complexity index is 1000. The Morgan fingerprint density at radius 1 is 1.04 bits per heavy atom. The number of halogens is 1. The van der Waals surface area contributed by atoms with Gasteiger partial charge in [-0.1, -0.05) is 35.9 Å². The van der Waals surface area contributed by atoms with Gasteiger partial charge in [0.1, 0.15) is 6.17 Å². The largest absolute Gasteiger partial charge is 0.504 e. The number of fused-ring (bicyclic) bond motifs is 1. The van der Waals surface area contributed by atoms with Gasteiger partial charge in [0.15, 0.2) is 11.5 Å². The van der Waals surface area contributed by atoms with Gasteiger partial charge in [-0.25, -0.2) is 0 Å². The van der Waals surface area contributed by atoms with E-state index in [0.29, 0.717) is 33.3 Å². The average molecular weight is 381 g/mol. The van der Waals surface area contributed by atoms with Crippen LogP contribution in [0.5, 0.6) is 11.5 Å². The van der Waals surface area contributed by atoms with Crippen LogP contribution >= 0.6 is 11.6 Å². The molecule has 4 rings (SSSR count). The van der Waals surface area contributed by atoms with Crippen LogP contribution in [-0.2, 0) is 0 Å². The second-order valence-electron chi connectivity index (χ2n) is 6.14. The summed E-state index contributed by atoms with van der Waals surface area (Å²) < 4.78 is 5.23. The molecule has 1 atom stereocenters. The lowest BCUT2D eigenvalue weighted by Gasteiger charge is -2.38. The molecule has 136 valence electrons. The maximum Gasteiger partial charge on any atom is 0.262 e. The third-order valence-electron chi connectivity index (χ3n) is 4.58. The van der Waals surface area contributed by atoms with Crippen molar-refractivity contribution < 1.29 is 14.6 Å². The topological polar surface area (TPSA) is 61.8 Å². The van der Waals surface area contributed by atoms with Gasteiger partial charge in [0.2, 0.25) is 0 Å². The number of anilines is 2. The number of methoxy groups -OCH3 is 1. The van der Waals surface area contributed by atoms with Crippen LogP contribution in [0, 0.1) is 0 Å². The lowest BCUT2D eigenvalue weighted by molar-refractivity contribution is 0.0974. The Morgan fingerprint density at radius 2 is 1.78 bits per heavy atom. The van der Waals surface area contributed by atoms with Crippen molar-refractivity contribution in [2.24, 2.45) is 0 Å². The second kappa shape index (κ2) is 6.85. The zero-order valence-corrected chi connectivity index (χ0v) is 15.3. The number of nitrogens with one attached hydrogen (secondary N) is 1. The predicted octanol–water partition coefficient (Wildman–Crippen LogP) is 4.83. The number of amides is 1. The summed E-state index contributed by atoms with van der Waals surface area (Å²) in [6.45, 7) is 0. The molecule has 1 aliphatic rings. The molecule has 5 nitrogen and oxygen atoms in total. The number of aromatic hydroxyl groups is 1. The maximum absolute atomic E-state index is 13.3.